The third-order valence-corrected chi connectivity index (χ3v) is 4.20. The van der Waals surface area contributed by atoms with E-state index in [1.807, 2.05) is 0 Å². The SMILES string of the molecule is CC1CCC(NCCOc2ccc(Br)cc2F)CC1. The Bertz CT molecular complexity index is 405. The lowest BCUT2D eigenvalue weighted by atomic mass is 9.87. The molecule has 1 N–H and O–H groups in total. The molecule has 0 saturated heterocycles. The van der Waals surface area contributed by atoms with E-state index in [4.69, 9.17) is 4.74 Å². The minimum absolute atomic E-state index is 0.319. The maximum atomic E-state index is 13.5. The number of halogens is 2. The van der Waals surface area contributed by atoms with Crippen LogP contribution < -0.4 is 10.1 Å². The first kappa shape index (κ1) is 14.8. The summed E-state index contributed by atoms with van der Waals surface area (Å²) in [6.07, 6.45) is 5.10. The molecule has 0 unspecified atom stereocenters. The van der Waals surface area contributed by atoms with Gasteiger partial charge in [0.2, 0.25) is 0 Å². The fraction of sp³-hybridized carbons (Fsp3) is 0.600. The van der Waals surface area contributed by atoms with Crippen LogP contribution in [0.25, 0.3) is 0 Å². The van der Waals surface area contributed by atoms with Crippen LogP contribution in [-0.4, -0.2) is 19.2 Å². The topological polar surface area (TPSA) is 21.3 Å². The Labute approximate surface area is 122 Å². The van der Waals surface area contributed by atoms with Crippen molar-refractivity contribution in [1.29, 1.82) is 0 Å². The van der Waals surface area contributed by atoms with Crippen molar-refractivity contribution >= 4 is 15.9 Å². The minimum Gasteiger partial charge on any atom is -0.489 e. The summed E-state index contributed by atoms with van der Waals surface area (Å²) in [4.78, 5) is 0. The van der Waals surface area contributed by atoms with Gasteiger partial charge in [0, 0.05) is 17.1 Å². The molecule has 19 heavy (non-hydrogen) atoms. The van der Waals surface area contributed by atoms with Gasteiger partial charge in [0.25, 0.3) is 0 Å². The molecule has 0 heterocycles. The van der Waals surface area contributed by atoms with Gasteiger partial charge in [-0.05, 0) is 49.8 Å². The Balaban J connectivity index is 1.66. The molecule has 0 aromatic heterocycles. The predicted octanol–water partition coefficient (Wildman–Crippen LogP) is 4.14. The van der Waals surface area contributed by atoms with Crippen molar-refractivity contribution in [3.05, 3.63) is 28.5 Å². The Hall–Kier alpha value is -0.610. The van der Waals surface area contributed by atoms with Crippen LogP contribution >= 0.6 is 15.9 Å². The van der Waals surface area contributed by atoms with Gasteiger partial charge in [-0.15, -0.1) is 0 Å². The number of ether oxygens (including phenoxy) is 1. The van der Waals surface area contributed by atoms with Crippen LogP contribution in [0.5, 0.6) is 5.75 Å². The number of hydrogen-bond donors (Lipinski definition) is 1. The van der Waals surface area contributed by atoms with Crippen molar-refractivity contribution in [3.8, 4) is 5.75 Å². The van der Waals surface area contributed by atoms with E-state index in [2.05, 4.69) is 28.2 Å². The van der Waals surface area contributed by atoms with E-state index in [1.54, 1.807) is 12.1 Å². The van der Waals surface area contributed by atoms with E-state index in [0.29, 0.717) is 18.4 Å². The normalized spacial score (nSPS) is 23.3. The van der Waals surface area contributed by atoms with Crippen LogP contribution in [0.4, 0.5) is 4.39 Å². The van der Waals surface area contributed by atoms with Gasteiger partial charge in [-0.3, -0.25) is 0 Å². The maximum Gasteiger partial charge on any atom is 0.166 e. The molecule has 106 valence electrons. The van der Waals surface area contributed by atoms with Crippen LogP contribution in [0.2, 0.25) is 0 Å². The number of benzene rings is 1. The first-order valence-corrected chi connectivity index (χ1v) is 7.75. The highest BCUT2D eigenvalue weighted by Crippen LogP contribution is 2.23. The van der Waals surface area contributed by atoms with Crippen LogP contribution in [0, 0.1) is 11.7 Å². The second-order valence-electron chi connectivity index (χ2n) is 5.33. The maximum absolute atomic E-state index is 13.5. The Morgan fingerprint density at radius 1 is 1.32 bits per heavy atom. The molecule has 0 aliphatic heterocycles. The molecular weight excluding hydrogens is 309 g/mol. The lowest BCUT2D eigenvalue weighted by Crippen LogP contribution is -2.35. The summed E-state index contributed by atoms with van der Waals surface area (Å²) in [7, 11) is 0. The van der Waals surface area contributed by atoms with Crippen molar-refractivity contribution in [2.75, 3.05) is 13.2 Å². The van der Waals surface area contributed by atoms with E-state index in [-0.39, 0.29) is 5.82 Å². The zero-order valence-electron chi connectivity index (χ0n) is 11.3. The van der Waals surface area contributed by atoms with Gasteiger partial charge >= 0.3 is 0 Å². The highest BCUT2D eigenvalue weighted by molar-refractivity contribution is 9.10. The molecule has 1 aromatic rings. The fourth-order valence-corrected chi connectivity index (χ4v) is 2.81. The van der Waals surface area contributed by atoms with Gasteiger partial charge in [0.1, 0.15) is 6.61 Å². The zero-order chi connectivity index (χ0) is 13.7. The Morgan fingerprint density at radius 3 is 2.74 bits per heavy atom. The van der Waals surface area contributed by atoms with Crippen molar-refractivity contribution < 1.29 is 9.13 Å². The summed E-state index contributed by atoms with van der Waals surface area (Å²) in [5, 5.41) is 3.49. The number of rotatable bonds is 5. The molecular formula is C15H21BrFNO. The summed E-state index contributed by atoms with van der Waals surface area (Å²) < 4.78 is 19.7. The first-order chi connectivity index (χ1) is 9.15. The third kappa shape index (κ3) is 4.77. The second-order valence-corrected chi connectivity index (χ2v) is 6.25. The number of hydrogen-bond acceptors (Lipinski definition) is 2. The van der Waals surface area contributed by atoms with E-state index in [0.717, 1.165) is 16.9 Å². The summed E-state index contributed by atoms with van der Waals surface area (Å²) in [5.41, 5.74) is 0. The van der Waals surface area contributed by atoms with Crippen LogP contribution in [0.3, 0.4) is 0 Å². The van der Waals surface area contributed by atoms with Crippen LogP contribution in [-0.2, 0) is 0 Å². The summed E-state index contributed by atoms with van der Waals surface area (Å²) in [5.74, 6) is 0.870. The third-order valence-electron chi connectivity index (χ3n) is 3.70. The van der Waals surface area contributed by atoms with Crippen LogP contribution in [0.15, 0.2) is 22.7 Å². The smallest absolute Gasteiger partial charge is 0.166 e. The molecule has 1 aliphatic carbocycles. The predicted molar refractivity (Wildman–Crippen MR) is 79.0 cm³/mol. The van der Waals surface area contributed by atoms with Crippen molar-refractivity contribution in [2.24, 2.45) is 5.92 Å². The lowest BCUT2D eigenvalue weighted by Gasteiger charge is -2.27. The zero-order valence-corrected chi connectivity index (χ0v) is 12.9. The van der Waals surface area contributed by atoms with Crippen LogP contribution in [0.1, 0.15) is 32.6 Å². The molecule has 0 amide bonds. The molecule has 1 fully saturated rings. The van der Waals surface area contributed by atoms with Crippen molar-refractivity contribution in [2.45, 2.75) is 38.6 Å². The second kappa shape index (κ2) is 7.25. The highest BCUT2D eigenvalue weighted by Gasteiger charge is 2.17. The van der Waals surface area contributed by atoms with Gasteiger partial charge in [-0.2, -0.15) is 0 Å². The molecule has 1 aromatic carbocycles. The summed E-state index contributed by atoms with van der Waals surface area (Å²) in [6.45, 7) is 3.59. The van der Waals surface area contributed by atoms with E-state index in [9.17, 15) is 4.39 Å². The number of nitrogens with one attached hydrogen (secondary N) is 1. The average Bonchev–Trinajstić information content (AvgIpc) is 2.39. The Morgan fingerprint density at radius 2 is 2.05 bits per heavy atom. The summed E-state index contributed by atoms with van der Waals surface area (Å²) in [6, 6.07) is 5.47. The van der Waals surface area contributed by atoms with Gasteiger partial charge < -0.3 is 10.1 Å². The van der Waals surface area contributed by atoms with E-state index in [1.165, 1.54) is 31.7 Å². The molecule has 4 heteroatoms. The monoisotopic (exact) mass is 329 g/mol. The standard InChI is InChI=1S/C15H21BrFNO/c1-11-2-5-13(6-3-11)18-8-9-19-15-7-4-12(16)10-14(15)17/h4,7,10-11,13,18H,2-3,5-6,8-9H2,1H3. The van der Waals surface area contributed by atoms with Crippen molar-refractivity contribution in [3.63, 3.8) is 0 Å². The highest BCUT2D eigenvalue weighted by atomic mass is 79.9. The van der Waals surface area contributed by atoms with Gasteiger partial charge in [0.05, 0.1) is 0 Å². The molecule has 0 radical (unpaired) electrons. The molecule has 2 nitrogen and oxygen atoms in total. The minimum atomic E-state index is -0.319. The molecule has 1 saturated carbocycles. The molecule has 1 aliphatic rings. The lowest BCUT2D eigenvalue weighted by molar-refractivity contribution is 0.264. The molecule has 0 bridgehead atoms. The quantitative estimate of drug-likeness (QED) is 0.820. The van der Waals surface area contributed by atoms with E-state index < -0.39 is 0 Å². The molecule has 0 atom stereocenters. The Kier molecular flexibility index (Phi) is 5.64. The van der Waals surface area contributed by atoms with E-state index >= 15 is 0 Å². The largest absolute Gasteiger partial charge is 0.489 e. The summed E-state index contributed by atoms with van der Waals surface area (Å²) >= 11 is 3.23. The molecule has 0 spiro atoms. The van der Waals surface area contributed by atoms with Gasteiger partial charge in [-0.1, -0.05) is 22.9 Å². The van der Waals surface area contributed by atoms with Gasteiger partial charge in [-0.25, -0.2) is 4.39 Å². The van der Waals surface area contributed by atoms with Gasteiger partial charge in [0.15, 0.2) is 11.6 Å². The average molecular weight is 330 g/mol. The molecule has 2 rings (SSSR count). The first-order valence-electron chi connectivity index (χ1n) is 6.96. The van der Waals surface area contributed by atoms with Crippen molar-refractivity contribution in [1.82, 2.24) is 5.32 Å². The fourth-order valence-electron chi connectivity index (χ4n) is 2.48.